The van der Waals surface area contributed by atoms with Gasteiger partial charge in [-0.1, -0.05) is 68.9 Å². The number of rotatable bonds is 8. The monoisotopic (exact) mass is 415 g/mol. The van der Waals surface area contributed by atoms with Crippen molar-refractivity contribution in [3.63, 3.8) is 0 Å². The lowest BCUT2D eigenvalue weighted by Crippen LogP contribution is -2.46. The van der Waals surface area contributed by atoms with Gasteiger partial charge in [-0.05, 0) is 56.9 Å². The number of carbonyl (C=O) groups is 2. The first-order chi connectivity index (χ1) is 14.5. The van der Waals surface area contributed by atoms with E-state index in [-0.39, 0.29) is 12.6 Å². The third kappa shape index (κ3) is 7.33. The van der Waals surface area contributed by atoms with Crippen molar-refractivity contribution in [2.45, 2.75) is 102 Å². The van der Waals surface area contributed by atoms with Gasteiger partial charge in [-0.3, -0.25) is 0 Å². The Labute approximate surface area is 180 Å². The Morgan fingerprint density at radius 2 is 1.70 bits per heavy atom. The average Bonchev–Trinajstić information content (AvgIpc) is 2.76. The molecule has 0 heterocycles. The third-order valence-corrected chi connectivity index (χ3v) is 6.64. The van der Waals surface area contributed by atoms with Crippen molar-refractivity contribution in [2.24, 2.45) is 5.92 Å². The van der Waals surface area contributed by atoms with E-state index in [9.17, 15) is 9.59 Å². The van der Waals surface area contributed by atoms with Gasteiger partial charge >= 0.3 is 12.1 Å². The van der Waals surface area contributed by atoms with E-state index >= 15 is 0 Å². The second-order valence-electron chi connectivity index (χ2n) is 9.27. The molecule has 1 atom stereocenters. The van der Waals surface area contributed by atoms with Crippen molar-refractivity contribution in [3.8, 4) is 0 Å². The fraction of sp³-hybridized carbons (Fsp3) is 0.680. The molecular formula is C25H37NO4. The summed E-state index contributed by atoms with van der Waals surface area (Å²) in [4.78, 5) is 25.4. The van der Waals surface area contributed by atoms with Crippen LogP contribution in [-0.4, -0.2) is 23.7 Å². The maximum absolute atomic E-state index is 12.8. The number of hydrogen-bond donors (Lipinski definition) is 1. The molecule has 5 nitrogen and oxygen atoms in total. The van der Waals surface area contributed by atoms with Crippen LogP contribution in [0.4, 0.5) is 4.79 Å². The molecule has 3 rings (SSSR count). The van der Waals surface area contributed by atoms with Gasteiger partial charge < -0.3 is 14.8 Å². The van der Waals surface area contributed by atoms with E-state index in [1.165, 1.54) is 38.5 Å². The fourth-order valence-electron chi connectivity index (χ4n) is 4.75. The Morgan fingerprint density at radius 3 is 2.40 bits per heavy atom. The van der Waals surface area contributed by atoms with Crippen LogP contribution < -0.4 is 5.32 Å². The number of ether oxygens (including phenoxy) is 2. The molecule has 0 saturated heterocycles. The molecule has 0 radical (unpaired) electrons. The van der Waals surface area contributed by atoms with Gasteiger partial charge in [-0.15, -0.1) is 0 Å². The van der Waals surface area contributed by atoms with Crippen LogP contribution in [-0.2, 0) is 20.9 Å². The highest BCUT2D eigenvalue weighted by Gasteiger charge is 2.33. The predicted molar refractivity (Wildman–Crippen MR) is 117 cm³/mol. The zero-order valence-electron chi connectivity index (χ0n) is 18.4. The lowest BCUT2D eigenvalue weighted by molar-refractivity contribution is -0.147. The second kappa shape index (κ2) is 11.4. The Hall–Kier alpha value is -2.04. The molecule has 0 aromatic heterocycles. The van der Waals surface area contributed by atoms with Gasteiger partial charge in [0.2, 0.25) is 0 Å². The molecule has 1 N–H and O–H groups in total. The molecule has 0 spiro atoms. The van der Waals surface area contributed by atoms with Crippen LogP contribution in [0.1, 0.15) is 89.5 Å². The number of amides is 1. The van der Waals surface area contributed by atoms with E-state index in [2.05, 4.69) is 5.32 Å². The van der Waals surface area contributed by atoms with Gasteiger partial charge in [0.15, 0.2) is 0 Å². The summed E-state index contributed by atoms with van der Waals surface area (Å²) in [5.74, 6) is 0.261. The summed E-state index contributed by atoms with van der Waals surface area (Å²) in [6, 6.07) is 8.97. The lowest BCUT2D eigenvalue weighted by Gasteiger charge is -2.33. The Bertz CT molecular complexity index is 663. The van der Waals surface area contributed by atoms with Crippen LogP contribution in [0.25, 0.3) is 0 Å². The number of esters is 1. The number of nitrogens with one attached hydrogen (secondary N) is 1. The molecule has 1 aromatic carbocycles. The zero-order valence-corrected chi connectivity index (χ0v) is 18.4. The lowest BCUT2D eigenvalue weighted by atomic mass is 9.85. The van der Waals surface area contributed by atoms with Crippen LogP contribution >= 0.6 is 0 Å². The van der Waals surface area contributed by atoms with Crippen molar-refractivity contribution < 1.29 is 19.1 Å². The van der Waals surface area contributed by atoms with E-state index in [0.29, 0.717) is 12.3 Å². The first-order valence-corrected chi connectivity index (χ1v) is 11.7. The highest BCUT2D eigenvalue weighted by molar-refractivity contribution is 5.81. The molecule has 2 saturated carbocycles. The maximum Gasteiger partial charge on any atom is 0.408 e. The molecule has 2 aliphatic rings. The molecule has 30 heavy (non-hydrogen) atoms. The van der Waals surface area contributed by atoms with E-state index in [0.717, 1.165) is 37.7 Å². The number of benzene rings is 1. The van der Waals surface area contributed by atoms with Gasteiger partial charge in [0.05, 0.1) is 0 Å². The summed E-state index contributed by atoms with van der Waals surface area (Å²) in [5, 5.41) is 2.83. The predicted octanol–water partition coefficient (Wildman–Crippen LogP) is 5.91. The molecule has 0 bridgehead atoms. The molecular weight excluding hydrogens is 378 g/mol. The molecule has 166 valence electrons. The van der Waals surface area contributed by atoms with Crippen molar-refractivity contribution in [1.82, 2.24) is 5.32 Å². The minimum Gasteiger partial charge on any atom is -0.459 e. The minimum atomic E-state index is -0.657. The molecule has 1 amide bonds. The summed E-state index contributed by atoms with van der Waals surface area (Å²) in [5.41, 5.74) is 0.513. The Morgan fingerprint density at radius 1 is 1.03 bits per heavy atom. The molecule has 1 unspecified atom stereocenters. The zero-order chi connectivity index (χ0) is 21.2. The van der Waals surface area contributed by atoms with Crippen molar-refractivity contribution in [1.29, 1.82) is 0 Å². The van der Waals surface area contributed by atoms with Gasteiger partial charge in [0, 0.05) is 0 Å². The minimum absolute atomic E-state index is 0.216. The highest BCUT2D eigenvalue weighted by atomic mass is 16.6. The first-order valence-electron chi connectivity index (χ1n) is 11.7. The van der Waals surface area contributed by atoms with Crippen LogP contribution in [0.3, 0.4) is 0 Å². The fourth-order valence-corrected chi connectivity index (χ4v) is 4.75. The smallest absolute Gasteiger partial charge is 0.408 e. The van der Waals surface area contributed by atoms with Crippen LogP contribution in [0.15, 0.2) is 30.3 Å². The largest absolute Gasteiger partial charge is 0.459 e. The Balaban J connectivity index is 1.55. The molecule has 1 aromatic rings. The standard InChI is InChI=1S/C25H37NO4/c1-25(17-9-4-10-18-25)30-24(28)26-22(16-15-20-11-5-2-6-12-20)23(27)29-19-21-13-7-3-8-14-21/h3,7-8,13-14,20,22H,2,4-6,9-12,15-19H2,1H3,(H,26,28). The van der Waals surface area contributed by atoms with Gasteiger partial charge in [-0.25, -0.2) is 9.59 Å². The van der Waals surface area contributed by atoms with E-state index in [1.807, 2.05) is 37.3 Å². The summed E-state index contributed by atoms with van der Waals surface area (Å²) >= 11 is 0. The maximum atomic E-state index is 12.8. The van der Waals surface area contributed by atoms with Gasteiger partial charge in [-0.2, -0.15) is 0 Å². The van der Waals surface area contributed by atoms with Crippen molar-refractivity contribution in [2.75, 3.05) is 0 Å². The van der Waals surface area contributed by atoms with Crippen molar-refractivity contribution >= 4 is 12.1 Å². The summed E-state index contributed by atoms with van der Waals surface area (Å²) < 4.78 is 11.3. The van der Waals surface area contributed by atoms with E-state index in [4.69, 9.17) is 9.47 Å². The molecule has 5 heteroatoms. The van der Waals surface area contributed by atoms with Crippen LogP contribution in [0.2, 0.25) is 0 Å². The number of carbonyl (C=O) groups excluding carboxylic acids is 2. The molecule has 0 aliphatic heterocycles. The molecule has 2 aliphatic carbocycles. The molecule has 2 fully saturated rings. The van der Waals surface area contributed by atoms with Gasteiger partial charge in [0.1, 0.15) is 18.2 Å². The van der Waals surface area contributed by atoms with Crippen LogP contribution in [0, 0.1) is 5.92 Å². The number of alkyl carbamates (subject to hydrolysis) is 1. The SMILES string of the molecule is CC1(OC(=O)NC(CCC2CCCCC2)C(=O)OCc2ccccc2)CCCCC1. The van der Waals surface area contributed by atoms with E-state index in [1.54, 1.807) is 0 Å². The first kappa shape index (κ1) is 22.6. The highest BCUT2D eigenvalue weighted by Crippen LogP contribution is 2.31. The topological polar surface area (TPSA) is 64.6 Å². The Kier molecular flexibility index (Phi) is 8.59. The van der Waals surface area contributed by atoms with Gasteiger partial charge in [0.25, 0.3) is 0 Å². The average molecular weight is 416 g/mol. The summed E-state index contributed by atoms with van der Waals surface area (Å²) in [7, 11) is 0. The normalized spacial score (nSPS) is 20.2. The van der Waals surface area contributed by atoms with Crippen LogP contribution in [0.5, 0.6) is 0 Å². The number of hydrogen-bond acceptors (Lipinski definition) is 4. The van der Waals surface area contributed by atoms with E-state index < -0.39 is 17.7 Å². The summed E-state index contributed by atoms with van der Waals surface area (Å²) in [6.45, 7) is 2.21. The third-order valence-electron chi connectivity index (χ3n) is 6.64. The quantitative estimate of drug-likeness (QED) is 0.536. The second-order valence-corrected chi connectivity index (χ2v) is 9.27. The summed E-state index contributed by atoms with van der Waals surface area (Å²) in [6.07, 6.45) is 12.4. The van der Waals surface area contributed by atoms with Crippen molar-refractivity contribution in [3.05, 3.63) is 35.9 Å².